The van der Waals surface area contributed by atoms with Gasteiger partial charge in [0.05, 0.1) is 44.3 Å². The first-order valence-corrected chi connectivity index (χ1v) is 11.1. The maximum Gasteiger partial charge on any atom is 0.319 e. The van der Waals surface area contributed by atoms with Gasteiger partial charge in [0.15, 0.2) is 5.82 Å². The molecule has 0 unspecified atom stereocenters. The van der Waals surface area contributed by atoms with E-state index in [0.717, 1.165) is 29.2 Å². The van der Waals surface area contributed by atoms with Crippen LogP contribution in [0.3, 0.4) is 0 Å². The minimum absolute atomic E-state index is 0.0377. The maximum atomic E-state index is 12.0. The lowest BCUT2D eigenvalue weighted by Gasteiger charge is -2.35. The van der Waals surface area contributed by atoms with Crippen LogP contribution in [-0.4, -0.2) is 71.3 Å². The number of hydrogen-bond acceptors (Lipinski definition) is 8. The van der Waals surface area contributed by atoms with E-state index in [0.29, 0.717) is 31.3 Å². The number of amides is 2. The van der Waals surface area contributed by atoms with Crippen LogP contribution in [0.4, 0.5) is 16.3 Å². The molecule has 0 bridgehead atoms. The number of ether oxygens (including phenoxy) is 2. The van der Waals surface area contributed by atoms with E-state index in [-0.39, 0.29) is 12.6 Å². The number of urea groups is 1. The van der Waals surface area contributed by atoms with Crippen LogP contribution in [0.25, 0.3) is 11.4 Å². The lowest BCUT2D eigenvalue weighted by atomic mass is 10.0. The minimum Gasteiger partial charge on any atom is -0.394 e. The molecule has 1 fully saturated rings. The molecule has 1 aromatic heterocycles. The summed E-state index contributed by atoms with van der Waals surface area (Å²) in [7, 11) is 0. The van der Waals surface area contributed by atoms with Crippen LogP contribution in [0.5, 0.6) is 0 Å². The summed E-state index contributed by atoms with van der Waals surface area (Å²) in [5.74, 6) is 1.49. The Hall–Kier alpha value is -2.79. The molecule has 2 aliphatic heterocycles. The van der Waals surface area contributed by atoms with E-state index >= 15 is 0 Å². The summed E-state index contributed by atoms with van der Waals surface area (Å²) in [6.45, 7) is 8.24. The van der Waals surface area contributed by atoms with Crippen LogP contribution >= 0.6 is 0 Å². The van der Waals surface area contributed by atoms with Crippen molar-refractivity contribution in [2.45, 2.75) is 45.1 Å². The molecule has 1 aromatic carbocycles. The van der Waals surface area contributed by atoms with Crippen molar-refractivity contribution in [1.82, 2.24) is 15.3 Å². The molecule has 178 valence electrons. The van der Waals surface area contributed by atoms with Crippen LogP contribution in [0.15, 0.2) is 24.3 Å². The Morgan fingerprint density at radius 2 is 2.06 bits per heavy atom. The van der Waals surface area contributed by atoms with Crippen LogP contribution in [0, 0.1) is 0 Å². The van der Waals surface area contributed by atoms with Gasteiger partial charge in [0.2, 0.25) is 0 Å². The summed E-state index contributed by atoms with van der Waals surface area (Å²) in [5.41, 5.74) is 2.82. The number of rotatable bonds is 6. The molecule has 2 atom stereocenters. The number of nitrogens with zero attached hydrogens (tertiary/aromatic N) is 3. The Balaban J connectivity index is 1.59. The van der Waals surface area contributed by atoms with Gasteiger partial charge >= 0.3 is 6.03 Å². The van der Waals surface area contributed by atoms with Gasteiger partial charge in [-0.3, -0.25) is 0 Å². The summed E-state index contributed by atoms with van der Waals surface area (Å²) in [5, 5.41) is 23.4. The van der Waals surface area contributed by atoms with Crippen LogP contribution in [0.1, 0.15) is 32.0 Å². The van der Waals surface area contributed by atoms with Gasteiger partial charge in [-0.15, -0.1) is 0 Å². The lowest BCUT2D eigenvalue weighted by molar-refractivity contribution is -0.0100. The number of nitrogens with one attached hydrogen (secondary N) is 2. The summed E-state index contributed by atoms with van der Waals surface area (Å²) in [6.07, 6.45) is -0.994. The van der Waals surface area contributed by atoms with Gasteiger partial charge in [-0.2, -0.15) is 0 Å². The van der Waals surface area contributed by atoms with Crippen molar-refractivity contribution < 1.29 is 24.5 Å². The monoisotopic (exact) mass is 457 g/mol. The molecule has 0 radical (unpaired) electrons. The van der Waals surface area contributed by atoms with Gasteiger partial charge in [-0.05, 0) is 45.0 Å². The number of morpholine rings is 1. The SMILES string of the molecule is C[C@H]1COCCN1c1nc(-c2ccc(NC(=O)NC[C@@H](O)CO)cc2)nc2c1COC2(C)C. The van der Waals surface area contributed by atoms with Gasteiger partial charge in [0.25, 0.3) is 0 Å². The fourth-order valence-corrected chi connectivity index (χ4v) is 3.99. The molecule has 0 aliphatic carbocycles. The summed E-state index contributed by atoms with van der Waals surface area (Å²) in [4.78, 5) is 24.0. The third-order valence-corrected chi connectivity index (χ3v) is 5.88. The third kappa shape index (κ3) is 5.09. The number of fused-ring (bicyclic) bond motifs is 1. The standard InChI is InChI=1S/C23H31N5O5/c1-14-12-32-9-8-28(14)21-18-13-33-23(2,3)19(18)26-20(27-21)15-4-6-16(7-5-15)25-22(31)24-10-17(30)11-29/h4-7,14,17,29-30H,8-13H2,1-3H3,(H2,24,25,31)/t14-,17+/m0/s1. The molecule has 33 heavy (non-hydrogen) atoms. The number of carbonyl (C=O) groups is 1. The molecule has 10 nitrogen and oxygen atoms in total. The van der Waals surface area contributed by atoms with Crippen molar-refractivity contribution in [3.8, 4) is 11.4 Å². The Morgan fingerprint density at radius 3 is 2.76 bits per heavy atom. The van der Waals surface area contributed by atoms with Crippen LogP contribution < -0.4 is 15.5 Å². The van der Waals surface area contributed by atoms with Crippen LogP contribution in [0.2, 0.25) is 0 Å². The molecule has 10 heteroatoms. The van der Waals surface area contributed by atoms with Crippen molar-refractivity contribution in [2.24, 2.45) is 0 Å². The first-order chi connectivity index (χ1) is 15.8. The number of aliphatic hydroxyl groups is 2. The smallest absolute Gasteiger partial charge is 0.319 e. The van der Waals surface area contributed by atoms with Gasteiger partial charge < -0.3 is 35.2 Å². The summed E-state index contributed by atoms with van der Waals surface area (Å²) >= 11 is 0. The Kier molecular flexibility index (Phi) is 6.80. The lowest BCUT2D eigenvalue weighted by Crippen LogP contribution is -2.44. The second-order valence-electron chi connectivity index (χ2n) is 8.86. The van der Waals surface area contributed by atoms with E-state index in [4.69, 9.17) is 24.5 Å². The van der Waals surface area contributed by atoms with Gasteiger partial charge in [-0.1, -0.05) is 0 Å². The zero-order chi connectivity index (χ0) is 23.6. The van der Waals surface area contributed by atoms with Crippen molar-refractivity contribution >= 4 is 17.5 Å². The fourth-order valence-electron chi connectivity index (χ4n) is 3.99. The second-order valence-corrected chi connectivity index (χ2v) is 8.86. The van der Waals surface area contributed by atoms with E-state index in [2.05, 4.69) is 22.5 Å². The van der Waals surface area contributed by atoms with Crippen molar-refractivity contribution in [2.75, 3.05) is 43.1 Å². The number of anilines is 2. The third-order valence-electron chi connectivity index (χ3n) is 5.88. The molecule has 2 aromatic rings. The second kappa shape index (κ2) is 9.60. The molecule has 4 N–H and O–H groups in total. The van der Waals surface area contributed by atoms with Gasteiger partial charge in [-0.25, -0.2) is 14.8 Å². The molecular weight excluding hydrogens is 426 g/mol. The predicted octanol–water partition coefficient (Wildman–Crippen LogP) is 1.61. The highest BCUT2D eigenvalue weighted by Crippen LogP contribution is 2.40. The van der Waals surface area contributed by atoms with E-state index in [1.807, 2.05) is 26.0 Å². The molecule has 2 aliphatic rings. The van der Waals surface area contributed by atoms with E-state index in [9.17, 15) is 9.90 Å². The minimum atomic E-state index is -0.994. The van der Waals surface area contributed by atoms with Gasteiger partial charge in [0, 0.05) is 29.9 Å². The highest BCUT2D eigenvalue weighted by atomic mass is 16.5. The number of carbonyl (C=O) groups excluding carboxylic acids is 1. The average molecular weight is 458 g/mol. The normalized spacial score (nSPS) is 20.3. The molecule has 0 spiro atoms. The van der Waals surface area contributed by atoms with Crippen molar-refractivity contribution in [3.05, 3.63) is 35.5 Å². The molecular formula is C23H31N5O5. The first kappa shape index (κ1) is 23.4. The zero-order valence-electron chi connectivity index (χ0n) is 19.2. The molecule has 3 heterocycles. The van der Waals surface area contributed by atoms with E-state index in [1.165, 1.54) is 0 Å². The Bertz CT molecular complexity index is 997. The summed E-state index contributed by atoms with van der Waals surface area (Å²) < 4.78 is 11.6. The largest absolute Gasteiger partial charge is 0.394 e. The zero-order valence-corrected chi connectivity index (χ0v) is 19.2. The number of aliphatic hydroxyl groups excluding tert-OH is 2. The highest BCUT2D eigenvalue weighted by molar-refractivity contribution is 5.89. The quantitative estimate of drug-likeness (QED) is 0.515. The fraction of sp³-hybridized carbons (Fsp3) is 0.522. The number of aromatic nitrogens is 2. The topological polar surface area (TPSA) is 129 Å². The van der Waals surface area contributed by atoms with E-state index < -0.39 is 24.3 Å². The highest BCUT2D eigenvalue weighted by Gasteiger charge is 2.38. The Labute approximate surface area is 192 Å². The number of benzene rings is 1. The Morgan fingerprint density at radius 1 is 1.30 bits per heavy atom. The van der Waals surface area contributed by atoms with E-state index in [1.54, 1.807) is 12.1 Å². The maximum absolute atomic E-state index is 12.0. The first-order valence-electron chi connectivity index (χ1n) is 11.1. The molecule has 4 rings (SSSR count). The molecule has 0 saturated carbocycles. The van der Waals surface area contributed by atoms with Crippen molar-refractivity contribution in [3.63, 3.8) is 0 Å². The molecule has 2 amide bonds. The predicted molar refractivity (Wildman–Crippen MR) is 123 cm³/mol. The average Bonchev–Trinajstić information content (AvgIpc) is 3.12. The van der Waals surface area contributed by atoms with Crippen LogP contribution in [-0.2, 0) is 21.7 Å². The van der Waals surface area contributed by atoms with Gasteiger partial charge in [0.1, 0.15) is 11.4 Å². The summed E-state index contributed by atoms with van der Waals surface area (Å²) in [6, 6.07) is 6.99. The van der Waals surface area contributed by atoms with Crippen molar-refractivity contribution in [1.29, 1.82) is 0 Å². The number of hydrogen-bond donors (Lipinski definition) is 4. The molecule has 1 saturated heterocycles.